The Bertz CT molecular complexity index is 371. The largest absolute Gasteiger partial charge is 0.316 e. The fourth-order valence-corrected chi connectivity index (χ4v) is 4.80. The number of nitrogens with one attached hydrogen (secondary N) is 1. The number of nitrogens with zero attached hydrogens (tertiary/aromatic N) is 1. The maximum absolute atomic E-state index is 12.5. The van der Waals surface area contributed by atoms with Gasteiger partial charge in [0.05, 0.1) is 5.75 Å². The Morgan fingerprint density at radius 2 is 2.00 bits per heavy atom. The maximum atomic E-state index is 12.5. The monoisotopic (exact) mass is 288 g/mol. The predicted octanol–water partition coefficient (Wildman–Crippen LogP) is 1.83. The van der Waals surface area contributed by atoms with Crippen molar-refractivity contribution in [3.8, 4) is 0 Å². The molecule has 2 aliphatic rings. The van der Waals surface area contributed by atoms with Crippen LogP contribution < -0.4 is 5.32 Å². The molecule has 1 aliphatic carbocycles. The summed E-state index contributed by atoms with van der Waals surface area (Å²) in [4.78, 5) is 0. The average Bonchev–Trinajstić information content (AvgIpc) is 3.19. The van der Waals surface area contributed by atoms with Gasteiger partial charge in [0.1, 0.15) is 0 Å². The molecule has 1 atom stereocenters. The van der Waals surface area contributed by atoms with E-state index in [9.17, 15) is 8.42 Å². The lowest BCUT2D eigenvalue weighted by atomic mass is 10.00. The zero-order valence-corrected chi connectivity index (χ0v) is 13.1. The van der Waals surface area contributed by atoms with E-state index in [1.54, 1.807) is 0 Å². The lowest BCUT2D eigenvalue weighted by Crippen LogP contribution is -2.43. The van der Waals surface area contributed by atoms with Crippen LogP contribution in [-0.2, 0) is 10.0 Å². The van der Waals surface area contributed by atoms with Gasteiger partial charge in [0.15, 0.2) is 0 Å². The smallest absolute Gasteiger partial charge is 0.214 e. The average molecular weight is 288 g/mol. The Morgan fingerprint density at radius 3 is 2.53 bits per heavy atom. The van der Waals surface area contributed by atoms with Gasteiger partial charge < -0.3 is 5.32 Å². The van der Waals surface area contributed by atoms with Crippen LogP contribution in [-0.4, -0.2) is 44.2 Å². The van der Waals surface area contributed by atoms with Gasteiger partial charge in [-0.2, -0.15) is 4.31 Å². The molecule has 0 amide bonds. The molecule has 0 radical (unpaired) electrons. The highest BCUT2D eigenvalue weighted by Crippen LogP contribution is 2.31. The SMILES string of the molecule is CC(C)CCS(=O)(=O)N(CC1CCCNC1)C1CC1. The van der Waals surface area contributed by atoms with E-state index in [0.717, 1.165) is 45.3 Å². The van der Waals surface area contributed by atoms with Crippen LogP contribution in [0.5, 0.6) is 0 Å². The van der Waals surface area contributed by atoms with Crippen molar-refractivity contribution in [2.45, 2.75) is 52.0 Å². The molecule has 0 aromatic heterocycles. The first-order chi connectivity index (χ1) is 8.99. The predicted molar refractivity (Wildman–Crippen MR) is 78.6 cm³/mol. The Hall–Kier alpha value is -0.130. The quantitative estimate of drug-likeness (QED) is 0.777. The van der Waals surface area contributed by atoms with Gasteiger partial charge in [-0.05, 0) is 57.0 Å². The first-order valence-electron chi connectivity index (χ1n) is 7.69. The van der Waals surface area contributed by atoms with Gasteiger partial charge in [-0.1, -0.05) is 13.8 Å². The number of hydrogen-bond acceptors (Lipinski definition) is 3. The molecule has 2 fully saturated rings. The summed E-state index contributed by atoms with van der Waals surface area (Å²) in [6.45, 7) is 6.96. The van der Waals surface area contributed by atoms with Crippen molar-refractivity contribution in [3.63, 3.8) is 0 Å². The van der Waals surface area contributed by atoms with Crippen LogP contribution in [0.1, 0.15) is 46.0 Å². The third-order valence-electron chi connectivity index (χ3n) is 4.10. The summed E-state index contributed by atoms with van der Waals surface area (Å²) in [5.41, 5.74) is 0. The Balaban J connectivity index is 1.94. The molecule has 0 spiro atoms. The van der Waals surface area contributed by atoms with E-state index in [-0.39, 0.29) is 0 Å². The Labute approximate surface area is 118 Å². The van der Waals surface area contributed by atoms with E-state index in [4.69, 9.17) is 0 Å². The fourth-order valence-electron chi connectivity index (χ4n) is 2.69. The highest BCUT2D eigenvalue weighted by molar-refractivity contribution is 7.89. The molecule has 112 valence electrons. The summed E-state index contributed by atoms with van der Waals surface area (Å²) >= 11 is 0. The van der Waals surface area contributed by atoms with Gasteiger partial charge >= 0.3 is 0 Å². The van der Waals surface area contributed by atoms with Gasteiger partial charge in [0.2, 0.25) is 10.0 Å². The standard InChI is InChI=1S/C14H28N2O2S/c1-12(2)7-9-19(17,18)16(14-5-6-14)11-13-4-3-8-15-10-13/h12-15H,3-11H2,1-2H3. The summed E-state index contributed by atoms with van der Waals surface area (Å²) in [5, 5.41) is 3.38. The van der Waals surface area contributed by atoms with Gasteiger partial charge in [-0.15, -0.1) is 0 Å². The van der Waals surface area contributed by atoms with Crippen molar-refractivity contribution in [1.82, 2.24) is 9.62 Å². The molecule has 0 aromatic carbocycles. The van der Waals surface area contributed by atoms with Gasteiger partial charge in [-0.3, -0.25) is 0 Å². The molecule has 1 aliphatic heterocycles. The zero-order valence-electron chi connectivity index (χ0n) is 12.3. The molecule has 5 heteroatoms. The summed E-state index contributed by atoms with van der Waals surface area (Å²) in [6, 6.07) is 0.305. The molecule has 1 heterocycles. The second-order valence-corrected chi connectivity index (χ2v) is 8.55. The van der Waals surface area contributed by atoms with Crippen molar-refractivity contribution in [2.24, 2.45) is 11.8 Å². The molecule has 1 unspecified atom stereocenters. The molecule has 0 aromatic rings. The van der Waals surface area contributed by atoms with Crippen molar-refractivity contribution in [2.75, 3.05) is 25.4 Å². The highest BCUT2D eigenvalue weighted by atomic mass is 32.2. The van der Waals surface area contributed by atoms with Crippen LogP contribution in [0.2, 0.25) is 0 Å². The number of rotatable bonds is 7. The first-order valence-corrected chi connectivity index (χ1v) is 9.30. The van der Waals surface area contributed by atoms with Gasteiger partial charge in [0, 0.05) is 12.6 Å². The third-order valence-corrected chi connectivity index (χ3v) is 6.02. The van der Waals surface area contributed by atoms with Crippen LogP contribution in [0.15, 0.2) is 0 Å². The van der Waals surface area contributed by atoms with Crippen LogP contribution in [0.4, 0.5) is 0 Å². The van der Waals surface area contributed by atoms with E-state index in [1.165, 1.54) is 6.42 Å². The van der Waals surface area contributed by atoms with E-state index in [0.29, 0.717) is 23.6 Å². The van der Waals surface area contributed by atoms with Crippen molar-refractivity contribution in [1.29, 1.82) is 0 Å². The van der Waals surface area contributed by atoms with E-state index in [1.807, 2.05) is 4.31 Å². The molecular formula is C14H28N2O2S. The Morgan fingerprint density at radius 1 is 1.26 bits per heavy atom. The minimum Gasteiger partial charge on any atom is -0.316 e. The lowest BCUT2D eigenvalue weighted by Gasteiger charge is -2.29. The molecule has 1 saturated carbocycles. The topological polar surface area (TPSA) is 49.4 Å². The van der Waals surface area contributed by atoms with Crippen LogP contribution >= 0.6 is 0 Å². The van der Waals surface area contributed by atoms with E-state index >= 15 is 0 Å². The third kappa shape index (κ3) is 4.72. The molecule has 2 rings (SSSR count). The Kier molecular flexibility index (Phi) is 5.26. The van der Waals surface area contributed by atoms with Crippen LogP contribution in [0, 0.1) is 11.8 Å². The summed E-state index contributed by atoms with van der Waals surface area (Å²) < 4.78 is 26.8. The second kappa shape index (κ2) is 6.55. The number of sulfonamides is 1. The molecule has 4 nitrogen and oxygen atoms in total. The minimum absolute atomic E-state index is 0.305. The van der Waals surface area contributed by atoms with Crippen LogP contribution in [0.3, 0.4) is 0 Å². The lowest BCUT2D eigenvalue weighted by molar-refractivity contribution is 0.286. The summed E-state index contributed by atoms with van der Waals surface area (Å²) in [7, 11) is -3.05. The first kappa shape index (κ1) is 15.3. The molecular weight excluding hydrogens is 260 g/mol. The normalized spacial score (nSPS) is 25.2. The fraction of sp³-hybridized carbons (Fsp3) is 1.00. The second-order valence-electron chi connectivity index (χ2n) is 6.51. The summed E-state index contributed by atoms with van der Waals surface area (Å²) in [5.74, 6) is 1.27. The maximum Gasteiger partial charge on any atom is 0.214 e. The highest BCUT2D eigenvalue weighted by Gasteiger charge is 2.38. The van der Waals surface area contributed by atoms with E-state index in [2.05, 4.69) is 19.2 Å². The van der Waals surface area contributed by atoms with Gasteiger partial charge in [-0.25, -0.2) is 8.42 Å². The van der Waals surface area contributed by atoms with Crippen molar-refractivity contribution in [3.05, 3.63) is 0 Å². The zero-order chi connectivity index (χ0) is 13.9. The van der Waals surface area contributed by atoms with Crippen LogP contribution in [0.25, 0.3) is 0 Å². The van der Waals surface area contributed by atoms with Crippen molar-refractivity contribution >= 4 is 10.0 Å². The minimum atomic E-state index is -3.05. The summed E-state index contributed by atoms with van der Waals surface area (Å²) in [6.07, 6.45) is 5.22. The number of hydrogen-bond donors (Lipinski definition) is 1. The van der Waals surface area contributed by atoms with E-state index < -0.39 is 10.0 Å². The molecule has 19 heavy (non-hydrogen) atoms. The van der Waals surface area contributed by atoms with Gasteiger partial charge in [0.25, 0.3) is 0 Å². The molecule has 1 N–H and O–H groups in total. The molecule has 0 bridgehead atoms. The van der Waals surface area contributed by atoms with Crippen molar-refractivity contribution < 1.29 is 8.42 Å². The number of piperidine rings is 1. The molecule has 1 saturated heterocycles.